The van der Waals surface area contributed by atoms with E-state index in [1.54, 1.807) is 35.4 Å². The Balaban J connectivity index is 1.64. The molecule has 8 nitrogen and oxygen atoms in total. The van der Waals surface area contributed by atoms with Crippen LogP contribution in [0.2, 0.25) is 0 Å². The third kappa shape index (κ3) is 5.36. The van der Waals surface area contributed by atoms with Gasteiger partial charge in [-0.1, -0.05) is 59.9 Å². The fourth-order valence-electron chi connectivity index (χ4n) is 3.42. The summed E-state index contributed by atoms with van der Waals surface area (Å²) in [6, 6.07) is 13.2. The first-order valence-corrected chi connectivity index (χ1v) is 11.9. The monoisotopic (exact) mass is 496 g/mol. The van der Waals surface area contributed by atoms with E-state index >= 15 is 0 Å². The predicted octanol–water partition coefficient (Wildman–Crippen LogP) is 2.83. The minimum Gasteiger partial charge on any atom is -0.394 e. The first kappa shape index (κ1) is 24.1. The molecule has 1 aliphatic rings. The molecule has 2 N–H and O–H groups in total. The number of ether oxygens (including phenoxy) is 1. The lowest BCUT2D eigenvalue weighted by Crippen LogP contribution is -2.27. The average Bonchev–Trinajstić information content (AvgIpc) is 3.10. The van der Waals surface area contributed by atoms with Crippen molar-refractivity contribution < 1.29 is 14.6 Å². The number of aryl methyl sites for hydroxylation is 1. The molecule has 34 heavy (non-hydrogen) atoms. The average molecular weight is 497 g/mol. The summed E-state index contributed by atoms with van der Waals surface area (Å²) in [6.45, 7) is 3.24. The summed E-state index contributed by atoms with van der Waals surface area (Å²) in [5.41, 5.74) is 2.56. The standard InChI is InChI=1S/C24H24N4O4S2/c1-16-5-7-17(8-6-16)15-28-23(31)19(34-24(28)33)14-18-21(25-9-12-32-13-11-29)26-20-4-2-3-10-27(20)22(18)30/h2-8,10,14,25,29H,9,11-13,15H2,1H3. The highest BCUT2D eigenvalue weighted by Gasteiger charge is 2.32. The summed E-state index contributed by atoms with van der Waals surface area (Å²) in [6.07, 6.45) is 3.19. The highest BCUT2D eigenvalue weighted by molar-refractivity contribution is 8.26. The summed E-state index contributed by atoms with van der Waals surface area (Å²) in [4.78, 5) is 32.9. The van der Waals surface area contributed by atoms with E-state index in [1.165, 1.54) is 16.2 Å². The predicted molar refractivity (Wildman–Crippen MR) is 138 cm³/mol. The minimum absolute atomic E-state index is 0.0642. The number of amides is 1. The van der Waals surface area contributed by atoms with Crippen LogP contribution in [0.5, 0.6) is 0 Å². The number of aliphatic hydroxyl groups is 1. The third-order valence-electron chi connectivity index (χ3n) is 5.15. The number of nitrogens with one attached hydrogen (secondary N) is 1. The second kappa shape index (κ2) is 10.9. The molecule has 0 saturated carbocycles. The molecule has 0 atom stereocenters. The van der Waals surface area contributed by atoms with Crippen molar-refractivity contribution in [2.75, 3.05) is 31.7 Å². The number of fused-ring (bicyclic) bond motifs is 1. The van der Waals surface area contributed by atoms with Gasteiger partial charge in [0.05, 0.1) is 36.8 Å². The largest absolute Gasteiger partial charge is 0.394 e. The van der Waals surface area contributed by atoms with Gasteiger partial charge in [-0.15, -0.1) is 0 Å². The van der Waals surface area contributed by atoms with Crippen LogP contribution in [-0.2, 0) is 16.1 Å². The highest BCUT2D eigenvalue weighted by atomic mass is 32.2. The second-order valence-corrected chi connectivity index (χ2v) is 9.30. The lowest BCUT2D eigenvalue weighted by molar-refractivity contribution is -0.122. The van der Waals surface area contributed by atoms with E-state index in [2.05, 4.69) is 10.3 Å². The fourth-order valence-corrected chi connectivity index (χ4v) is 4.66. The molecular weight excluding hydrogens is 472 g/mol. The molecule has 2 aromatic heterocycles. The number of nitrogens with zero attached hydrogens (tertiary/aromatic N) is 3. The van der Waals surface area contributed by atoms with Gasteiger partial charge in [-0.3, -0.25) is 18.9 Å². The first-order chi connectivity index (χ1) is 16.5. The minimum atomic E-state index is -0.298. The number of thioether (sulfide) groups is 1. The van der Waals surface area contributed by atoms with Crippen molar-refractivity contribution in [3.63, 3.8) is 0 Å². The van der Waals surface area contributed by atoms with Crippen LogP contribution in [0, 0.1) is 6.92 Å². The van der Waals surface area contributed by atoms with Gasteiger partial charge < -0.3 is 15.2 Å². The van der Waals surface area contributed by atoms with Crippen LogP contribution in [-0.4, -0.2) is 56.0 Å². The lowest BCUT2D eigenvalue weighted by Gasteiger charge is -2.14. The number of aromatic nitrogens is 2. The molecule has 0 radical (unpaired) electrons. The molecule has 1 saturated heterocycles. The van der Waals surface area contributed by atoms with Crippen LogP contribution in [0.4, 0.5) is 5.82 Å². The zero-order valence-electron chi connectivity index (χ0n) is 18.6. The molecule has 176 valence electrons. The van der Waals surface area contributed by atoms with Gasteiger partial charge in [-0.2, -0.15) is 0 Å². The number of aliphatic hydroxyl groups excluding tert-OH is 1. The summed E-state index contributed by atoms with van der Waals surface area (Å²) in [7, 11) is 0. The Morgan fingerprint density at radius 3 is 2.74 bits per heavy atom. The van der Waals surface area contributed by atoms with Crippen molar-refractivity contribution in [3.8, 4) is 0 Å². The lowest BCUT2D eigenvalue weighted by atomic mass is 10.1. The number of carbonyl (C=O) groups is 1. The van der Waals surface area contributed by atoms with Crippen molar-refractivity contribution in [2.24, 2.45) is 0 Å². The Bertz CT molecular complexity index is 1300. The smallest absolute Gasteiger partial charge is 0.267 e. The van der Waals surface area contributed by atoms with Crippen LogP contribution >= 0.6 is 24.0 Å². The van der Waals surface area contributed by atoms with Crippen LogP contribution in [0.25, 0.3) is 11.7 Å². The SMILES string of the molecule is Cc1ccc(CN2C(=O)C(=Cc3c(NCCOCCO)nc4ccccn4c3=O)SC2=S)cc1. The summed E-state index contributed by atoms with van der Waals surface area (Å²) in [5.74, 6) is 0.109. The van der Waals surface area contributed by atoms with Crippen LogP contribution in [0.3, 0.4) is 0 Å². The molecule has 0 bridgehead atoms. The topological polar surface area (TPSA) is 96.2 Å². The zero-order valence-corrected chi connectivity index (χ0v) is 20.2. The molecular formula is C24H24N4O4S2. The van der Waals surface area contributed by atoms with Gasteiger partial charge in [0.25, 0.3) is 11.5 Å². The van der Waals surface area contributed by atoms with E-state index in [9.17, 15) is 9.59 Å². The maximum atomic E-state index is 13.3. The Labute approximate surface area is 206 Å². The van der Waals surface area contributed by atoms with Crippen molar-refractivity contribution in [3.05, 3.63) is 80.6 Å². The van der Waals surface area contributed by atoms with Crippen molar-refractivity contribution in [2.45, 2.75) is 13.5 Å². The van der Waals surface area contributed by atoms with Crippen LogP contribution < -0.4 is 10.9 Å². The molecule has 1 aromatic carbocycles. The second-order valence-electron chi connectivity index (χ2n) is 7.62. The maximum absolute atomic E-state index is 13.3. The van der Waals surface area contributed by atoms with E-state index in [-0.39, 0.29) is 30.2 Å². The van der Waals surface area contributed by atoms with E-state index < -0.39 is 0 Å². The van der Waals surface area contributed by atoms with Crippen molar-refractivity contribution in [1.29, 1.82) is 0 Å². The van der Waals surface area contributed by atoms with Gasteiger partial charge in [-0.05, 0) is 30.7 Å². The first-order valence-electron chi connectivity index (χ1n) is 10.7. The highest BCUT2D eigenvalue weighted by Crippen LogP contribution is 2.34. The zero-order chi connectivity index (χ0) is 24.1. The van der Waals surface area contributed by atoms with E-state index in [1.807, 2.05) is 31.2 Å². The molecule has 3 aromatic rings. The van der Waals surface area contributed by atoms with Gasteiger partial charge in [0.2, 0.25) is 0 Å². The van der Waals surface area contributed by atoms with Crippen LogP contribution in [0.1, 0.15) is 16.7 Å². The van der Waals surface area contributed by atoms with Gasteiger partial charge in [0.15, 0.2) is 0 Å². The number of benzene rings is 1. The van der Waals surface area contributed by atoms with Gasteiger partial charge in [0.1, 0.15) is 15.8 Å². The molecule has 4 rings (SSSR count). The maximum Gasteiger partial charge on any atom is 0.267 e. The Hall–Kier alpha value is -3.05. The van der Waals surface area contributed by atoms with Gasteiger partial charge >= 0.3 is 0 Å². The van der Waals surface area contributed by atoms with Crippen molar-refractivity contribution >= 4 is 51.7 Å². The van der Waals surface area contributed by atoms with Gasteiger partial charge in [-0.25, -0.2) is 4.98 Å². The van der Waals surface area contributed by atoms with E-state index in [4.69, 9.17) is 22.1 Å². The molecule has 0 aliphatic carbocycles. The molecule has 0 spiro atoms. The molecule has 3 heterocycles. The number of rotatable bonds is 9. The normalized spacial score (nSPS) is 15.0. The number of hydrogen-bond donors (Lipinski definition) is 2. The van der Waals surface area contributed by atoms with Crippen molar-refractivity contribution in [1.82, 2.24) is 14.3 Å². The van der Waals surface area contributed by atoms with E-state index in [0.29, 0.717) is 40.4 Å². The Morgan fingerprint density at radius 2 is 1.97 bits per heavy atom. The summed E-state index contributed by atoms with van der Waals surface area (Å²) in [5, 5.41) is 12.0. The summed E-state index contributed by atoms with van der Waals surface area (Å²) >= 11 is 6.63. The quantitative estimate of drug-likeness (QED) is 0.265. The molecule has 0 unspecified atom stereocenters. The molecule has 1 aliphatic heterocycles. The Kier molecular flexibility index (Phi) is 7.73. The molecule has 10 heteroatoms. The molecule has 1 fully saturated rings. The number of anilines is 1. The van der Waals surface area contributed by atoms with Gasteiger partial charge in [0, 0.05) is 12.7 Å². The number of hydrogen-bond acceptors (Lipinski definition) is 8. The number of carbonyl (C=O) groups excluding carboxylic acids is 1. The van der Waals surface area contributed by atoms with E-state index in [0.717, 1.165) is 11.1 Å². The summed E-state index contributed by atoms with van der Waals surface area (Å²) < 4.78 is 7.16. The number of thiocarbonyl (C=S) groups is 1. The molecule has 1 amide bonds. The number of pyridine rings is 1. The van der Waals surface area contributed by atoms with Crippen LogP contribution in [0.15, 0.2) is 58.4 Å². The fraction of sp³-hybridized carbons (Fsp3) is 0.250. The Morgan fingerprint density at radius 1 is 1.18 bits per heavy atom. The third-order valence-corrected chi connectivity index (χ3v) is 6.53.